The average molecular weight is 307 g/mol. The van der Waals surface area contributed by atoms with Crippen molar-refractivity contribution in [3.05, 3.63) is 0 Å². The van der Waals surface area contributed by atoms with E-state index < -0.39 is 0 Å². The van der Waals surface area contributed by atoms with Gasteiger partial charge in [0, 0.05) is 24.7 Å². The maximum atomic E-state index is 13.0. The first-order valence-corrected chi connectivity index (χ1v) is 9.40. The molecule has 3 unspecified atom stereocenters. The molecule has 0 bridgehead atoms. The molecular weight excluding hydrogens is 274 g/mol. The molecule has 22 heavy (non-hydrogen) atoms. The summed E-state index contributed by atoms with van der Waals surface area (Å²) >= 11 is 0. The molecule has 0 aromatic heterocycles. The third-order valence-corrected chi connectivity index (χ3v) is 6.22. The van der Waals surface area contributed by atoms with Crippen molar-refractivity contribution >= 4 is 5.91 Å². The van der Waals surface area contributed by atoms with Gasteiger partial charge in [0.25, 0.3) is 0 Å². The summed E-state index contributed by atoms with van der Waals surface area (Å²) in [4.78, 5) is 17.8. The second kappa shape index (κ2) is 6.88. The molecule has 3 aliphatic rings. The molecular formula is C18H33N3O. The van der Waals surface area contributed by atoms with E-state index in [9.17, 15) is 4.79 Å². The first-order valence-electron chi connectivity index (χ1n) is 9.40. The Bertz CT molecular complexity index is 390. The quantitative estimate of drug-likeness (QED) is 0.852. The van der Waals surface area contributed by atoms with Gasteiger partial charge in [-0.1, -0.05) is 12.8 Å². The normalized spacial score (nSPS) is 38.0. The van der Waals surface area contributed by atoms with Gasteiger partial charge in [0.05, 0.1) is 5.92 Å². The van der Waals surface area contributed by atoms with Crippen LogP contribution in [0.15, 0.2) is 0 Å². The number of hydrogen-bond acceptors (Lipinski definition) is 3. The van der Waals surface area contributed by atoms with E-state index in [1.54, 1.807) is 0 Å². The molecule has 4 nitrogen and oxygen atoms in total. The van der Waals surface area contributed by atoms with Crippen LogP contribution in [0.5, 0.6) is 0 Å². The first-order chi connectivity index (χ1) is 10.6. The molecule has 1 saturated carbocycles. The Hall–Kier alpha value is -0.610. The van der Waals surface area contributed by atoms with Crippen LogP contribution in [0, 0.1) is 5.92 Å². The van der Waals surface area contributed by atoms with Crippen molar-refractivity contribution in [3.8, 4) is 0 Å². The molecule has 0 spiro atoms. The van der Waals surface area contributed by atoms with Crippen LogP contribution in [-0.4, -0.2) is 53.5 Å². The highest BCUT2D eigenvalue weighted by Gasteiger charge is 2.40. The Morgan fingerprint density at radius 2 is 1.73 bits per heavy atom. The SMILES string of the molecule is CC1(N)CCCCC1C(=O)N1CCCC(N2CCCC2)CC1. The number of nitrogens with two attached hydrogens (primary N) is 1. The van der Waals surface area contributed by atoms with E-state index in [1.165, 1.54) is 38.8 Å². The Labute approximate surface area is 135 Å². The average Bonchev–Trinajstić information content (AvgIpc) is 2.91. The predicted octanol–water partition coefficient (Wildman–Crippen LogP) is 2.37. The molecule has 0 aromatic carbocycles. The monoisotopic (exact) mass is 307 g/mol. The summed E-state index contributed by atoms with van der Waals surface area (Å²) in [5, 5.41) is 0. The summed E-state index contributed by atoms with van der Waals surface area (Å²) in [5.41, 5.74) is 6.14. The fraction of sp³-hybridized carbons (Fsp3) is 0.944. The molecule has 2 heterocycles. The number of carbonyl (C=O) groups excluding carboxylic acids is 1. The summed E-state index contributed by atoms with van der Waals surface area (Å²) in [5.74, 6) is 0.386. The minimum absolute atomic E-state index is 0.0459. The summed E-state index contributed by atoms with van der Waals surface area (Å²) in [7, 11) is 0. The van der Waals surface area contributed by atoms with Crippen LogP contribution in [0.25, 0.3) is 0 Å². The van der Waals surface area contributed by atoms with Crippen LogP contribution in [0.3, 0.4) is 0 Å². The number of carbonyl (C=O) groups is 1. The van der Waals surface area contributed by atoms with Crippen LogP contribution >= 0.6 is 0 Å². The molecule has 2 aliphatic heterocycles. The molecule has 3 atom stereocenters. The van der Waals surface area contributed by atoms with Gasteiger partial charge in [0.1, 0.15) is 0 Å². The van der Waals surface area contributed by atoms with Crippen molar-refractivity contribution < 1.29 is 4.79 Å². The topological polar surface area (TPSA) is 49.6 Å². The highest BCUT2D eigenvalue weighted by molar-refractivity contribution is 5.80. The third kappa shape index (κ3) is 3.48. The van der Waals surface area contributed by atoms with Crippen molar-refractivity contribution in [2.75, 3.05) is 26.2 Å². The lowest BCUT2D eigenvalue weighted by Crippen LogP contribution is -2.54. The van der Waals surface area contributed by atoms with Crippen LogP contribution in [0.2, 0.25) is 0 Å². The van der Waals surface area contributed by atoms with Crippen LogP contribution in [-0.2, 0) is 4.79 Å². The largest absolute Gasteiger partial charge is 0.342 e. The van der Waals surface area contributed by atoms with Crippen molar-refractivity contribution in [2.24, 2.45) is 11.7 Å². The van der Waals surface area contributed by atoms with E-state index in [2.05, 4.69) is 16.7 Å². The zero-order chi connectivity index (χ0) is 15.6. The minimum Gasteiger partial charge on any atom is -0.342 e. The van der Waals surface area contributed by atoms with Gasteiger partial charge in [-0.05, 0) is 65.0 Å². The second-order valence-corrected chi connectivity index (χ2v) is 7.96. The molecule has 4 heteroatoms. The summed E-state index contributed by atoms with van der Waals surface area (Å²) in [6, 6.07) is 0.705. The van der Waals surface area contributed by atoms with Crippen molar-refractivity contribution in [1.82, 2.24) is 9.80 Å². The molecule has 0 aromatic rings. The van der Waals surface area contributed by atoms with E-state index in [1.807, 2.05) is 0 Å². The molecule has 2 saturated heterocycles. The molecule has 2 N–H and O–H groups in total. The zero-order valence-corrected chi connectivity index (χ0v) is 14.2. The maximum Gasteiger partial charge on any atom is 0.227 e. The number of hydrogen-bond donors (Lipinski definition) is 1. The van der Waals surface area contributed by atoms with Gasteiger partial charge < -0.3 is 15.5 Å². The van der Waals surface area contributed by atoms with Gasteiger partial charge in [-0.15, -0.1) is 0 Å². The van der Waals surface area contributed by atoms with Crippen molar-refractivity contribution in [3.63, 3.8) is 0 Å². The Balaban J connectivity index is 1.59. The Morgan fingerprint density at radius 3 is 2.45 bits per heavy atom. The highest BCUT2D eigenvalue weighted by atomic mass is 16.2. The molecule has 3 rings (SSSR count). The number of rotatable bonds is 2. The fourth-order valence-electron chi connectivity index (χ4n) is 4.76. The molecule has 3 fully saturated rings. The molecule has 0 radical (unpaired) electrons. The zero-order valence-electron chi connectivity index (χ0n) is 14.2. The van der Waals surface area contributed by atoms with E-state index in [4.69, 9.17) is 5.73 Å². The van der Waals surface area contributed by atoms with E-state index in [-0.39, 0.29) is 11.5 Å². The van der Waals surface area contributed by atoms with Gasteiger partial charge in [-0.3, -0.25) is 4.79 Å². The van der Waals surface area contributed by atoms with E-state index in [0.29, 0.717) is 11.9 Å². The van der Waals surface area contributed by atoms with Gasteiger partial charge >= 0.3 is 0 Å². The predicted molar refractivity (Wildman–Crippen MR) is 89.6 cm³/mol. The minimum atomic E-state index is -0.296. The second-order valence-electron chi connectivity index (χ2n) is 7.96. The van der Waals surface area contributed by atoms with Crippen molar-refractivity contribution in [2.45, 2.75) is 76.3 Å². The standard InChI is InChI=1S/C18H33N3O/c1-18(19)10-3-2-8-16(18)17(22)21-13-6-7-15(9-14-21)20-11-4-5-12-20/h15-16H,2-14,19H2,1H3. The summed E-state index contributed by atoms with van der Waals surface area (Å²) in [6.45, 7) is 6.49. The van der Waals surface area contributed by atoms with Crippen LogP contribution in [0.1, 0.15) is 64.7 Å². The molecule has 126 valence electrons. The van der Waals surface area contributed by atoms with Crippen molar-refractivity contribution in [1.29, 1.82) is 0 Å². The Morgan fingerprint density at radius 1 is 0.955 bits per heavy atom. The summed E-state index contributed by atoms with van der Waals surface area (Å²) < 4.78 is 0. The van der Waals surface area contributed by atoms with Gasteiger partial charge in [0.2, 0.25) is 5.91 Å². The molecule has 1 amide bonds. The highest BCUT2D eigenvalue weighted by Crippen LogP contribution is 2.33. The smallest absolute Gasteiger partial charge is 0.227 e. The van der Waals surface area contributed by atoms with Gasteiger partial charge in [-0.25, -0.2) is 0 Å². The lowest BCUT2D eigenvalue weighted by molar-refractivity contribution is -0.138. The Kier molecular flexibility index (Phi) is 5.08. The molecule has 1 aliphatic carbocycles. The number of likely N-dealkylation sites (tertiary alicyclic amines) is 2. The first kappa shape index (κ1) is 16.3. The number of nitrogens with zero attached hydrogens (tertiary/aromatic N) is 2. The number of amides is 1. The lowest BCUT2D eigenvalue weighted by Gasteiger charge is -2.40. The fourth-order valence-corrected chi connectivity index (χ4v) is 4.76. The third-order valence-electron chi connectivity index (χ3n) is 6.22. The van der Waals surface area contributed by atoms with Gasteiger partial charge in [-0.2, -0.15) is 0 Å². The van der Waals surface area contributed by atoms with Crippen LogP contribution in [0.4, 0.5) is 0 Å². The summed E-state index contributed by atoms with van der Waals surface area (Å²) in [6.07, 6.45) is 10.6. The van der Waals surface area contributed by atoms with Crippen LogP contribution < -0.4 is 5.73 Å². The maximum absolute atomic E-state index is 13.0. The lowest BCUT2D eigenvalue weighted by atomic mass is 9.74. The van der Waals surface area contributed by atoms with E-state index in [0.717, 1.165) is 45.2 Å². The van der Waals surface area contributed by atoms with Gasteiger partial charge in [0.15, 0.2) is 0 Å². The van der Waals surface area contributed by atoms with E-state index >= 15 is 0 Å².